The molecule has 0 bridgehead atoms. The van der Waals surface area contributed by atoms with Crippen molar-refractivity contribution in [1.29, 1.82) is 0 Å². The molecule has 0 N–H and O–H groups in total. The van der Waals surface area contributed by atoms with Gasteiger partial charge >= 0.3 is 181 Å². The van der Waals surface area contributed by atoms with E-state index in [-0.39, 0.29) is 0 Å². The number of rotatable bonds is 21. The first kappa shape index (κ1) is 27.2. The third-order valence-corrected chi connectivity index (χ3v) is 13.8. The molecule has 0 aliphatic rings. The summed E-state index contributed by atoms with van der Waals surface area (Å²) in [4.78, 5) is 0. The van der Waals surface area contributed by atoms with Crippen LogP contribution in [0.15, 0.2) is 0 Å². The van der Waals surface area contributed by atoms with Gasteiger partial charge in [-0.3, -0.25) is 0 Å². The van der Waals surface area contributed by atoms with Gasteiger partial charge in [0.1, 0.15) is 0 Å². The number of hydrogen-bond donors (Lipinski definition) is 0. The molecule has 0 rings (SSSR count). The second-order valence-corrected chi connectivity index (χ2v) is 18.6. The predicted octanol–water partition coefficient (Wildman–Crippen LogP) is 9.17. The van der Waals surface area contributed by atoms with Gasteiger partial charge in [0.25, 0.3) is 0 Å². The van der Waals surface area contributed by atoms with Crippen LogP contribution in [0.3, 0.4) is 0 Å². The molecule has 0 aromatic heterocycles. The first-order valence-electron chi connectivity index (χ1n) is 12.3. The van der Waals surface area contributed by atoms with Gasteiger partial charge in [-0.15, -0.1) is 0 Å². The molecule has 26 heavy (non-hydrogen) atoms. The average molecular weight is 498 g/mol. The first-order chi connectivity index (χ1) is 12.7. The number of unbranched alkanes of at least 4 members (excludes halogenated alkanes) is 15. The monoisotopic (exact) mass is 500 g/mol. The van der Waals surface area contributed by atoms with Gasteiger partial charge in [-0.1, -0.05) is 0 Å². The summed E-state index contributed by atoms with van der Waals surface area (Å²) < 4.78 is -0.626. The van der Waals surface area contributed by atoms with Crippen molar-refractivity contribution in [3.05, 3.63) is 0 Å². The van der Waals surface area contributed by atoms with E-state index in [1.807, 2.05) is 0 Å². The summed E-state index contributed by atoms with van der Waals surface area (Å²) in [7, 11) is 0. The summed E-state index contributed by atoms with van der Waals surface area (Å²) in [6.45, 7) is 6.97. The van der Waals surface area contributed by atoms with Gasteiger partial charge in [0.15, 0.2) is 0 Å². The van der Waals surface area contributed by atoms with E-state index >= 15 is 0 Å². The Morgan fingerprint density at radius 2 is 0.615 bits per heavy atom. The Hall–Kier alpha value is 1.22. The molecule has 0 aliphatic heterocycles. The molecule has 0 amide bonds. The molecule has 158 valence electrons. The van der Waals surface area contributed by atoms with Gasteiger partial charge < -0.3 is 0 Å². The van der Waals surface area contributed by atoms with Gasteiger partial charge in [0.2, 0.25) is 0 Å². The van der Waals surface area contributed by atoms with Crippen LogP contribution in [0.1, 0.15) is 136 Å². The zero-order valence-corrected chi connectivity index (χ0v) is 21.9. The zero-order valence-electron chi connectivity index (χ0n) is 18.7. The van der Waals surface area contributed by atoms with Gasteiger partial charge in [-0.2, -0.15) is 0 Å². The van der Waals surface area contributed by atoms with Crippen LogP contribution in [0.2, 0.25) is 0 Å². The van der Waals surface area contributed by atoms with E-state index < -0.39 is 4.49 Å². The standard InChI is InChI=1S/C24H51PTe/c1-4-7-10-13-16-19-22-25(26,23-20-17-14-11-8-5-2)24-21-18-15-12-9-6-3/h4-24H2,1-3H3. The van der Waals surface area contributed by atoms with Crippen molar-refractivity contribution in [1.82, 2.24) is 0 Å². The average Bonchev–Trinajstić information content (AvgIpc) is 2.64. The summed E-state index contributed by atoms with van der Waals surface area (Å²) in [6.07, 6.45) is 31.3. The van der Waals surface area contributed by atoms with E-state index in [0.717, 1.165) is 0 Å². The van der Waals surface area contributed by atoms with Crippen LogP contribution in [-0.4, -0.2) is 39.7 Å². The summed E-state index contributed by atoms with van der Waals surface area (Å²) in [5, 5.41) is 0. The van der Waals surface area contributed by atoms with E-state index in [2.05, 4.69) is 42.0 Å². The third-order valence-electron chi connectivity index (χ3n) is 5.76. The van der Waals surface area contributed by atoms with Crippen molar-refractivity contribution < 1.29 is 0 Å². The molecule has 0 aromatic rings. The molecule has 0 nitrogen and oxygen atoms in total. The van der Waals surface area contributed by atoms with Crippen LogP contribution in [0.5, 0.6) is 0 Å². The molecule has 0 aliphatic carbocycles. The maximum atomic E-state index is 2.65. The summed E-state index contributed by atoms with van der Waals surface area (Å²) in [5.41, 5.74) is 0. The van der Waals surface area contributed by atoms with E-state index in [1.165, 1.54) is 116 Å². The Bertz CT molecular complexity index is 266. The van der Waals surface area contributed by atoms with Crippen molar-refractivity contribution in [3.8, 4) is 0 Å². The van der Waals surface area contributed by atoms with E-state index in [9.17, 15) is 0 Å². The maximum absolute atomic E-state index is 2.65. The first-order valence-corrected chi connectivity index (χ1v) is 17.6. The Kier molecular flexibility index (Phi) is 21.9. The molecule has 0 saturated carbocycles. The third kappa shape index (κ3) is 18.6. The van der Waals surface area contributed by atoms with Crippen LogP contribution in [0.25, 0.3) is 0 Å². The minimum absolute atomic E-state index is 0.626. The van der Waals surface area contributed by atoms with Crippen LogP contribution < -0.4 is 0 Å². The van der Waals surface area contributed by atoms with Crippen molar-refractivity contribution in [2.45, 2.75) is 136 Å². The van der Waals surface area contributed by atoms with E-state index in [0.29, 0.717) is 0 Å². The fourth-order valence-corrected chi connectivity index (χ4v) is 10.3. The molecule has 0 spiro atoms. The Morgan fingerprint density at radius 1 is 0.385 bits per heavy atom. The number of hydrogen-bond acceptors (Lipinski definition) is 0. The van der Waals surface area contributed by atoms with Crippen molar-refractivity contribution in [2.24, 2.45) is 0 Å². The molecular formula is C24H51PTe. The summed E-state index contributed by atoms with van der Waals surface area (Å²) in [5.74, 6) is 0. The molecule has 0 fully saturated rings. The Balaban J connectivity index is 4.04. The molecule has 2 heteroatoms. The van der Waals surface area contributed by atoms with E-state index in [1.54, 1.807) is 18.5 Å². The van der Waals surface area contributed by atoms with Crippen LogP contribution in [-0.2, 0) is 0 Å². The topological polar surface area (TPSA) is 0 Å². The van der Waals surface area contributed by atoms with Crippen molar-refractivity contribution in [3.63, 3.8) is 0 Å². The molecule has 0 atom stereocenters. The molecule has 0 heterocycles. The van der Waals surface area contributed by atoms with Crippen molar-refractivity contribution >= 4 is 25.7 Å². The fraction of sp³-hybridized carbons (Fsp3) is 1.00. The van der Waals surface area contributed by atoms with Gasteiger partial charge in [0, 0.05) is 0 Å². The minimum atomic E-state index is -0.626. The van der Waals surface area contributed by atoms with Crippen LogP contribution in [0.4, 0.5) is 0 Å². The quantitative estimate of drug-likeness (QED) is 0.0841. The predicted molar refractivity (Wildman–Crippen MR) is 127 cm³/mol. The second kappa shape index (κ2) is 20.9. The summed E-state index contributed by atoms with van der Waals surface area (Å²) in [6, 6.07) is 0. The molecule has 0 aromatic carbocycles. The van der Waals surface area contributed by atoms with Crippen molar-refractivity contribution in [2.75, 3.05) is 18.5 Å². The van der Waals surface area contributed by atoms with Gasteiger partial charge in [-0.05, 0) is 0 Å². The Morgan fingerprint density at radius 3 is 0.885 bits per heavy atom. The molecule has 0 saturated heterocycles. The van der Waals surface area contributed by atoms with E-state index in [4.69, 9.17) is 0 Å². The SMILES string of the molecule is CCCCCCCCP(=[Te])(CCCCCCCC)CCCCCCCC. The fourth-order valence-electron chi connectivity index (χ4n) is 3.88. The van der Waals surface area contributed by atoms with Gasteiger partial charge in [-0.25, -0.2) is 0 Å². The Labute approximate surface area is 180 Å². The zero-order chi connectivity index (χ0) is 19.3. The molecule has 0 radical (unpaired) electrons. The second-order valence-electron chi connectivity index (χ2n) is 8.53. The van der Waals surface area contributed by atoms with Gasteiger partial charge in [0.05, 0.1) is 0 Å². The normalized spacial score (nSPS) is 12.0. The summed E-state index contributed by atoms with van der Waals surface area (Å²) >= 11 is 2.65. The van der Waals surface area contributed by atoms with Crippen LogP contribution in [0, 0.1) is 0 Å². The molecular weight excluding hydrogens is 447 g/mol. The van der Waals surface area contributed by atoms with Crippen LogP contribution >= 0.6 is 4.49 Å². The molecule has 0 unspecified atom stereocenters.